The third-order valence-corrected chi connectivity index (χ3v) is 2.62. The van der Waals surface area contributed by atoms with E-state index in [2.05, 4.69) is 44.1 Å². The van der Waals surface area contributed by atoms with Crippen molar-refractivity contribution in [1.82, 2.24) is 9.78 Å². The standard InChI is InChI=1S/C14H18N2O/c1-4-16-9-14(8-15-16)17-10-13-6-11(2)5-12(3)7-13/h5-9H,4,10H2,1-3H3. The van der Waals surface area contributed by atoms with Crippen molar-refractivity contribution in [3.8, 4) is 5.75 Å². The minimum Gasteiger partial charge on any atom is -0.486 e. The number of benzene rings is 1. The van der Waals surface area contributed by atoms with E-state index in [0.717, 1.165) is 12.3 Å². The predicted molar refractivity (Wildman–Crippen MR) is 68.1 cm³/mol. The molecule has 0 radical (unpaired) electrons. The number of ether oxygens (including phenoxy) is 1. The predicted octanol–water partition coefficient (Wildman–Crippen LogP) is 3.10. The van der Waals surface area contributed by atoms with Crippen LogP contribution in [0.4, 0.5) is 0 Å². The SMILES string of the molecule is CCn1cc(OCc2cc(C)cc(C)c2)cn1. The van der Waals surface area contributed by atoms with Gasteiger partial charge < -0.3 is 4.74 Å². The summed E-state index contributed by atoms with van der Waals surface area (Å²) in [5.41, 5.74) is 3.74. The quantitative estimate of drug-likeness (QED) is 0.807. The fraction of sp³-hybridized carbons (Fsp3) is 0.357. The van der Waals surface area contributed by atoms with Crippen molar-refractivity contribution < 1.29 is 4.74 Å². The summed E-state index contributed by atoms with van der Waals surface area (Å²) in [6, 6.07) is 6.47. The molecule has 3 heteroatoms. The fourth-order valence-electron chi connectivity index (χ4n) is 1.91. The molecule has 0 aliphatic rings. The molecule has 3 nitrogen and oxygen atoms in total. The topological polar surface area (TPSA) is 27.1 Å². The highest BCUT2D eigenvalue weighted by Gasteiger charge is 2.00. The Kier molecular flexibility index (Phi) is 3.47. The van der Waals surface area contributed by atoms with Gasteiger partial charge in [-0.25, -0.2) is 0 Å². The molecule has 0 aliphatic heterocycles. The smallest absolute Gasteiger partial charge is 0.157 e. The largest absolute Gasteiger partial charge is 0.486 e. The second-order valence-corrected chi connectivity index (χ2v) is 4.32. The normalized spacial score (nSPS) is 10.5. The summed E-state index contributed by atoms with van der Waals surface area (Å²) in [4.78, 5) is 0. The van der Waals surface area contributed by atoms with Crippen molar-refractivity contribution >= 4 is 0 Å². The van der Waals surface area contributed by atoms with Crippen LogP contribution in [0.5, 0.6) is 5.75 Å². The summed E-state index contributed by atoms with van der Waals surface area (Å²) in [6.45, 7) is 7.72. The van der Waals surface area contributed by atoms with Gasteiger partial charge in [0.25, 0.3) is 0 Å². The van der Waals surface area contributed by atoms with Gasteiger partial charge in [0.15, 0.2) is 5.75 Å². The molecule has 1 heterocycles. The average Bonchev–Trinajstić information content (AvgIpc) is 2.73. The molecule has 2 rings (SSSR count). The number of nitrogens with zero attached hydrogens (tertiary/aromatic N) is 2. The zero-order chi connectivity index (χ0) is 12.3. The third-order valence-electron chi connectivity index (χ3n) is 2.62. The van der Waals surface area contributed by atoms with Crippen molar-refractivity contribution in [2.75, 3.05) is 0 Å². The van der Waals surface area contributed by atoms with Gasteiger partial charge in [-0.1, -0.05) is 29.3 Å². The number of hydrogen-bond acceptors (Lipinski definition) is 2. The maximum Gasteiger partial charge on any atom is 0.157 e. The first-order chi connectivity index (χ1) is 8.17. The average molecular weight is 230 g/mol. The first-order valence-corrected chi connectivity index (χ1v) is 5.90. The summed E-state index contributed by atoms with van der Waals surface area (Å²) in [6.07, 6.45) is 3.68. The molecule has 90 valence electrons. The first kappa shape index (κ1) is 11.7. The molecule has 2 aromatic rings. The van der Waals surface area contributed by atoms with Crippen molar-refractivity contribution in [3.05, 3.63) is 47.3 Å². The van der Waals surface area contributed by atoms with Crippen LogP contribution in [0.2, 0.25) is 0 Å². The van der Waals surface area contributed by atoms with Crippen molar-refractivity contribution in [2.45, 2.75) is 33.9 Å². The van der Waals surface area contributed by atoms with Crippen LogP contribution in [0.3, 0.4) is 0 Å². The van der Waals surface area contributed by atoms with Gasteiger partial charge in [0.2, 0.25) is 0 Å². The van der Waals surface area contributed by atoms with Crippen LogP contribution >= 0.6 is 0 Å². The highest BCUT2D eigenvalue weighted by molar-refractivity contribution is 5.28. The Hall–Kier alpha value is -1.77. The molecule has 0 amide bonds. The van der Waals surface area contributed by atoms with Gasteiger partial charge >= 0.3 is 0 Å². The molecule has 0 atom stereocenters. The van der Waals surface area contributed by atoms with Gasteiger partial charge in [-0.3, -0.25) is 4.68 Å². The van der Waals surface area contributed by atoms with Gasteiger partial charge in [0.1, 0.15) is 6.61 Å². The van der Waals surface area contributed by atoms with Crippen LogP contribution in [0.15, 0.2) is 30.6 Å². The molecule has 17 heavy (non-hydrogen) atoms. The van der Waals surface area contributed by atoms with E-state index in [9.17, 15) is 0 Å². The van der Waals surface area contributed by atoms with Crippen LogP contribution in [0.25, 0.3) is 0 Å². The van der Waals surface area contributed by atoms with E-state index < -0.39 is 0 Å². The zero-order valence-electron chi connectivity index (χ0n) is 10.6. The summed E-state index contributed by atoms with van der Waals surface area (Å²) in [5, 5.41) is 4.17. The summed E-state index contributed by atoms with van der Waals surface area (Å²) < 4.78 is 7.56. The van der Waals surface area contributed by atoms with Gasteiger partial charge in [0, 0.05) is 6.54 Å². The Balaban J connectivity index is 2.01. The van der Waals surface area contributed by atoms with Gasteiger partial charge in [-0.05, 0) is 26.3 Å². The number of rotatable bonds is 4. The van der Waals surface area contributed by atoms with E-state index in [4.69, 9.17) is 4.74 Å². The van der Waals surface area contributed by atoms with E-state index in [1.165, 1.54) is 16.7 Å². The van der Waals surface area contributed by atoms with Crippen molar-refractivity contribution in [2.24, 2.45) is 0 Å². The number of aromatic nitrogens is 2. The minimum absolute atomic E-state index is 0.595. The lowest BCUT2D eigenvalue weighted by Crippen LogP contribution is -1.96. The van der Waals surface area contributed by atoms with Crippen LogP contribution in [-0.4, -0.2) is 9.78 Å². The van der Waals surface area contributed by atoms with E-state index in [1.54, 1.807) is 6.20 Å². The Labute approximate surface area is 102 Å². The number of aryl methyl sites for hydroxylation is 3. The van der Waals surface area contributed by atoms with E-state index >= 15 is 0 Å². The van der Waals surface area contributed by atoms with Crippen molar-refractivity contribution in [3.63, 3.8) is 0 Å². The molecule has 0 fully saturated rings. The molecule has 0 saturated carbocycles. The maximum absolute atomic E-state index is 5.70. The van der Waals surface area contributed by atoms with Gasteiger partial charge in [-0.15, -0.1) is 0 Å². The molecule has 1 aromatic carbocycles. The molecule has 0 spiro atoms. The molecule has 0 unspecified atom stereocenters. The lowest BCUT2D eigenvalue weighted by molar-refractivity contribution is 0.305. The maximum atomic E-state index is 5.70. The van der Waals surface area contributed by atoms with E-state index in [0.29, 0.717) is 6.61 Å². The second kappa shape index (κ2) is 5.04. The number of hydrogen-bond donors (Lipinski definition) is 0. The van der Waals surface area contributed by atoms with E-state index in [-0.39, 0.29) is 0 Å². The van der Waals surface area contributed by atoms with Gasteiger partial charge in [-0.2, -0.15) is 5.10 Å². The molecular formula is C14H18N2O. The Morgan fingerprint density at radius 1 is 1.18 bits per heavy atom. The van der Waals surface area contributed by atoms with E-state index in [1.807, 2.05) is 10.9 Å². The molecule has 1 aromatic heterocycles. The minimum atomic E-state index is 0.595. The highest BCUT2D eigenvalue weighted by Crippen LogP contribution is 2.13. The zero-order valence-corrected chi connectivity index (χ0v) is 10.6. The Bertz CT molecular complexity index is 482. The third kappa shape index (κ3) is 3.09. The molecule has 0 N–H and O–H groups in total. The lowest BCUT2D eigenvalue weighted by Gasteiger charge is -2.06. The van der Waals surface area contributed by atoms with Crippen LogP contribution in [0.1, 0.15) is 23.6 Å². The Morgan fingerprint density at radius 3 is 2.47 bits per heavy atom. The molecule has 0 bridgehead atoms. The van der Waals surface area contributed by atoms with Crippen LogP contribution in [0, 0.1) is 13.8 Å². The molecule has 0 saturated heterocycles. The molecule has 0 aliphatic carbocycles. The van der Waals surface area contributed by atoms with Crippen LogP contribution in [-0.2, 0) is 13.2 Å². The second-order valence-electron chi connectivity index (χ2n) is 4.32. The van der Waals surface area contributed by atoms with Crippen molar-refractivity contribution in [1.29, 1.82) is 0 Å². The fourth-order valence-corrected chi connectivity index (χ4v) is 1.91. The summed E-state index contributed by atoms with van der Waals surface area (Å²) in [5.74, 6) is 0.825. The summed E-state index contributed by atoms with van der Waals surface area (Å²) in [7, 11) is 0. The van der Waals surface area contributed by atoms with Crippen LogP contribution < -0.4 is 4.74 Å². The monoisotopic (exact) mass is 230 g/mol. The van der Waals surface area contributed by atoms with Gasteiger partial charge in [0.05, 0.1) is 12.4 Å². The highest BCUT2D eigenvalue weighted by atomic mass is 16.5. The summed E-state index contributed by atoms with van der Waals surface area (Å²) >= 11 is 0. The first-order valence-electron chi connectivity index (χ1n) is 5.90. The Morgan fingerprint density at radius 2 is 1.88 bits per heavy atom. The lowest BCUT2D eigenvalue weighted by atomic mass is 10.1. The molecular weight excluding hydrogens is 212 g/mol.